The van der Waals surface area contributed by atoms with Gasteiger partial charge in [0.15, 0.2) is 11.5 Å². The molecule has 0 unspecified atom stereocenters. The van der Waals surface area contributed by atoms with Gasteiger partial charge >= 0.3 is 0 Å². The SMILES string of the molecule is CC#CCOc1ccc(CNCC)cc1OC. The number of nitrogens with one attached hydrogen (secondary N) is 1. The first-order chi connectivity index (χ1) is 8.31. The van der Waals surface area contributed by atoms with Gasteiger partial charge in [0.25, 0.3) is 0 Å². The fourth-order valence-corrected chi connectivity index (χ4v) is 1.40. The summed E-state index contributed by atoms with van der Waals surface area (Å²) in [6.07, 6.45) is 0. The molecule has 3 nitrogen and oxygen atoms in total. The van der Waals surface area contributed by atoms with Crippen molar-refractivity contribution < 1.29 is 9.47 Å². The monoisotopic (exact) mass is 233 g/mol. The van der Waals surface area contributed by atoms with Crippen LogP contribution in [0.1, 0.15) is 19.4 Å². The molecule has 1 rings (SSSR count). The molecule has 0 heterocycles. The third-order valence-electron chi connectivity index (χ3n) is 2.28. The summed E-state index contributed by atoms with van der Waals surface area (Å²) >= 11 is 0. The summed E-state index contributed by atoms with van der Waals surface area (Å²) in [5.74, 6) is 7.13. The van der Waals surface area contributed by atoms with Crippen molar-refractivity contribution in [3.05, 3.63) is 23.8 Å². The fourth-order valence-electron chi connectivity index (χ4n) is 1.40. The van der Waals surface area contributed by atoms with Crippen molar-refractivity contribution in [3.63, 3.8) is 0 Å². The van der Waals surface area contributed by atoms with Crippen LogP contribution < -0.4 is 14.8 Å². The van der Waals surface area contributed by atoms with Gasteiger partial charge in [-0.3, -0.25) is 0 Å². The number of hydrogen-bond donors (Lipinski definition) is 1. The average molecular weight is 233 g/mol. The summed E-state index contributed by atoms with van der Waals surface area (Å²) in [7, 11) is 1.64. The Hall–Kier alpha value is -1.66. The van der Waals surface area contributed by atoms with Crippen LogP contribution in [0.4, 0.5) is 0 Å². The minimum absolute atomic E-state index is 0.388. The first kappa shape index (κ1) is 13.4. The van der Waals surface area contributed by atoms with E-state index in [9.17, 15) is 0 Å². The second-order valence-corrected chi connectivity index (χ2v) is 3.48. The third-order valence-corrected chi connectivity index (χ3v) is 2.28. The van der Waals surface area contributed by atoms with Gasteiger partial charge in [-0.15, -0.1) is 5.92 Å². The molecule has 1 aromatic carbocycles. The Morgan fingerprint density at radius 3 is 2.76 bits per heavy atom. The summed E-state index contributed by atoms with van der Waals surface area (Å²) in [6.45, 7) is 6.05. The van der Waals surface area contributed by atoms with Gasteiger partial charge in [-0.1, -0.05) is 18.9 Å². The maximum atomic E-state index is 5.51. The van der Waals surface area contributed by atoms with E-state index >= 15 is 0 Å². The minimum atomic E-state index is 0.388. The number of methoxy groups -OCH3 is 1. The van der Waals surface area contributed by atoms with E-state index in [4.69, 9.17) is 9.47 Å². The van der Waals surface area contributed by atoms with Gasteiger partial charge in [0, 0.05) is 6.54 Å². The topological polar surface area (TPSA) is 30.5 Å². The van der Waals surface area contributed by atoms with Crippen molar-refractivity contribution >= 4 is 0 Å². The summed E-state index contributed by atoms with van der Waals surface area (Å²) in [5, 5.41) is 3.27. The molecule has 0 saturated carbocycles. The quantitative estimate of drug-likeness (QED) is 0.764. The lowest BCUT2D eigenvalue weighted by Gasteiger charge is -2.10. The largest absolute Gasteiger partial charge is 0.493 e. The van der Waals surface area contributed by atoms with Crippen LogP contribution in [0.3, 0.4) is 0 Å². The van der Waals surface area contributed by atoms with Crippen LogP contribution in [-0.2, 0) is 6.54 Å². The molecule has 0 aliphatic heterocycles. The first-order valence-electron chi connectivity index (χ1n) is 5.71. The lowest BCUT2D eigenvalue weighted by Crippen LogP contribution is -2.11. The summed E-state index contributed by atoms with van der Waals surface area (Å²) < 4.78 is 10.8. The van der Waals surface area contributed by atoms with Gasteiger partial charge in [-0.05, 0) is 31.2 Å². The Kier molecular flexibility index (Phi) is 5.98. The highest BCUT2D eigenvalue weighted by Gasteiger charge is 2.04. The van der Waals surface area contributed by atoms with Gasteiger partial charge in [-0.2, -0.15) is 0 Å². The lowest BCUT2D eigenvalue weighted by atomic mass is 10.2. The summed E-state index contributed by atoms with van der Waals surface area (Å²) in [5.41, 5.74) is 1.18. The zero-order valence-electron chi connectivity index (χ0n) is 10.7. The molecule has 0 aliphatic carbocycles. The summed E-state index contributed by atoms with van der Waals surface area (Å²) in [4.78, 5) is 0. The number of hydrogen-bond acceptors (Lipinski definition) is 3. The van der Waals surface area contributed by atoms with Crippen molar-refractivity contribution in [1.29, 1.82) is 0 Å². The molecule has 0 spiro atoms. The Bertz CT molecular complexity index is 404. The molecule has 17 heavy (non-hydrogen) atoms. The Morgan fingerprint density at radius 2 is 2.12 bits per heavy atom. The zero-order chi connectivity index (χ0) is 12.5. The number of benzene rings is 1. The van der Waals surface area contributed by atoms with Crippen LogP contribution in [0.5, 0.6) is 11.5 Å². The Balaban J connectivity index is 2.73. The molecule has 0 aliphatic rings. The highest BCUT2D eigenvalue weighted by atomic mass is 16.5. The second kappa shape index (κ2) is 7.59. The molecule has 0 fully saturated rings. The lowest BCUT2D eigenvalue weighted by molar-refractivity contribution is 0.330. The van der Waals surface area contributed by atoms with E-state index in [0.717, 1.165) is 24.6 Å². The predicted molar refractivity (Wildman–Crippen MR) is 69.3 cm³/mol. The molecule has 92 valence electrons. The van der Waals surface area contributed by atoms with Crippen LogP contribution in [0.25, 0.3) is 0 Å². The molecule has 0 atom stereocenters. The van der Waals surface area contributed by atoms with Gasteiger partial charge in [-0.25, -0.2) is 0 Å². The van der Waals surface area contributed by atoms with Gasteiger partial charge < -0.3 is 14.8 Å². The molecule has 1 N–H and O–H groups in total. The first-order valence-corrected chi connectivity index (χ1v) is 5.71. The molecule has 0 aromatic heterocycles. The second-order valence-electron chi connectivity index (χ2n) is 3.48. The van der Waals surface area contributed by atoms with E-state index < -0.39 is 0 Å². The Morgan fingerprint density at radius 1 is 1.29 bits per heavy atom. The van der Waals surface area contributed by atoms with E-state index in [-0.39, 0.29) is 0 Å². The minimum Gasteiger partial charge on any atom is -0.493 e. The number of rotatable bonds is 6. The van der Waals surface area contributed by atoms with Gasteiger partial charge in [0.1, 0.15) is 6.61 Å². The van der Waals surface area contributed by atoms with E-state index in [2.05, 4.69) is 24.1 Å². The molecule has 0 saturated heterocycles. The normalized spacial score (nSPS) is 9.35. The van der Waals surface area contributed by atoms with Crippen molar-refractivity contribution in [2.45, 2.75) is 20.4 Å². The van der Waals surface area contributed by atoms with Crippen LogP contribution in [0.2, 0.25) is 0 Å². The van der Waals surface area contributed by atoms with Crippen molar-refractivity contribution in [3.8, 4) is 23.3 Å². The van der Waals surface area contributed by atoms with E-state index in [0.29, 0.717) is 6.61 Å². The molecule has 0 amide bonds. The molecular formula is C14H19NO2. The molecule has 0 radical (unpaired) electrons. The standard InChI is InChI=1S/C14H19NO2/c1-4-6-9-17-13-8-7-12(11-15-5-2)10-14(13)16-3/h7-8,10,15H,5,9,11H2,1-3H3. The highest BCUT2D eigenvalue weighted by Crippen LogP contribution is 2.27. The molecule has 0 bridgehead atoms. The van der Waals surface area contributed by atoms with Crippen LogP contribution in [0.15, 0.2) is 18.2 Å². The maximum absolute atomic E-state index is 5.51. The molecular weight excluding hydrogens is 214 g/mol. The maximum Gasteiger partial charge on any atom is 0.162 e. The van der Waals surface area contributed by atoms with Crippen LogP contribution in [0, 0.1) is 11.8 Å². The van der Waals surface area contributed by atoms with Gasteiger partial charge in [0.05, 0.1) is 7.11 Å². The van der Waals surface area contributed by atoms with Crippen molar-refractivity contribution in [1.82, 2.24) is 5.32 Å². The number of ether oxygens (including phenoxy) is 2. The smallest absolute Gasteiger partial charge is 0.162 e. The van der Waals surface area contributed by atoms with Gasteiger partial charge in [0.2, 0.25) is 0 Å². The van der Waals surface area contributed by atoms with E-state index in [1.165, 1.54) is 5.56 Å². The fraction of sp³-hybridized carbons (Fsp3) is 0.429. The Labute approximate surface area is 103 Å². The predicted octanol–water partition coefficient (Wildman–Crippen LogP) is 2.21. The zero-order valence-corrected chi connectivity index (χ0v) is 10.7. The average Bonchev–Trinajstić information content (AvgIpc) is 2.37. The van der Waals surface area contributed by atoms with Crippen LogP contribution in [-0.4, -0.2) is 20.3 Å². The highest BCUT2D eigenvalue weighted by molar-refractivity contribution is 5.43. The molecule has 1 aromatic rings. The molecule has 3 heteroatoms. The van der Waals surface area contributed by atoms with E-state index in [1.54, 1.807) is 14.0 Å². The summed E-state index contributed by atoms with van der Waals surface area (Å²) in [6, 6.07) is 5.93. The third kappa shape index (κ3) is 4.38. The van der Waals surface area contributed by atoms with Crippen molar-refractivity contribution in [2.24, 2.45) is 0 Å². The van der Waals surface area contributed by atoms with E-state index in [1.807, 2.05) is 18.2 Å². The van der Waals surface area contributed by atoms with Crippen LogP contribution >= 0.6 is 0 Å². The van der Waals surface area contributed by atoms with Crippen molar-refractivity contribution in [2.75, 3.05) is 20.3 Å².